The molecule has 1 rings (SSSR count). The second-order valence-electron chi connectivity index (χ2n) is 0.657. The summed E-state index contributed by atoms with van der Waals surface area (Å²) in [6, 6.07) is 0. The fourth-order valence-corrected chi connectivity index (χ4v) is 0.321. The molecule has 0 aliphatic carbocycles. The van der Waals surface area contributed by atoms with E-state index in [0.29, 0.717) is 0 Å². The Balaban J connectivity index is 2.32. The van der Waals surface area contributed by atoms with Crippen LogP contribution in [0.2, 0.25) is 0 Å². The minimum absolute atomic E-state index is 0.220. The minimum Gasteiger partial charge on any atom is -0.283 e. The van der Waals surface area contributed by atoms with E-state index >= 15 is 0 Å². The first-order valence-corrected chi connectivity index (χ1v) is 2.41. The lowest BCUT2D eigenvalue weighted by atomic mass is 11.6. The van der Waals surface area contributed by atoms with Crippen LogP contribution in [0.1, 0.15) is 0 Å². The van der Waals surface area contributed by atoms with E-state index < -0.39 is 8.25 Å². The molecule has 0 unspecified atom stereocenters. The Kier molecular flexibility index (Phi) is 0.728. The van der Waals surface area contributed by atoms with Gasteiger partial charge in [0.2, 0.25) is 0 Å². The highest BCUT2D eigenvalue weighted by Crippen LogP contribution is 2.32. The highest BCUT2D eigenvalue weighted by atomic mass is 31.1. The predicted octanol–water partition coefficient (Wildman–Crippen LogP) is 0.380. The van der Waals surface area contributed by atoms with Gasteiger partial charge >= 0.3 is 8.25 Å². The minimum atomic E-state index is -1.94. The van der Waals surface area contributed by atoms with E-state index in [4.69, 9.17) is 0 Å². The normalized spacial score (nSPS) is 25.6. The van der Waals surface area contributed by atoms with E-state index in [1.165, 1.54) is 0 Å². The smallest absolute Gasteiger partial charge is 0.283 e. The molecule has 1 aliphatic heterocycles. The molecule has 0 spiro atoms. The van der Waals surface area contributed by atoms with Gasteiger partial charge in [-0.1, -0.05) is 0 Å². The summed E-state index contributed by atoms with van der Waals surface area (Å²) in [4.78, 5) is 0. The quantitative estimate of drug-likeness (QED) is 0.407. The Labute approximate surface area is 29.8 Å². The summed E-state index contributed by atoms with van der Waals surface area (Å²) in [5, 5.41) is 0. The molecule has 30 valence electrons. The van der Waals surface area contributed by atoms with Gasteiger partial charge in [-0.25, -0.2) is 0 Å². The standard InChI is InChI=1S/CH3O3P/c2-5-3-1-4-5/h5H,1H2. The lowest BCUT2D eigenvalue weighted by Crippen LogP contribution is -1.97. The van der Waals surface area contributed by atoms with Crippen molar-refractivity contribution in [2.75, 3.05) is 6.79 Å². The van der Waals surface area contributed by atoms with Crippen LogP contribution in [-0.4, -0.2) is 6.79 Å². The fraction of sp³-hybridized carbons (Fsp3) is 1.00. The molecular weight excluding hydrogens is 91.0 g/mol. The zero-order valence-electron chi connectivity index (χ0n) is 2.43. The van der Waals surface area contributed by atoms with Crippen molar-refractivity contribution in [1.29, 1.82) is 0 Å². The van der Waals surface area contributed by atoms with Crippen LogP contribution in [0, 0.1) is 0 Å². The molecule has 3 nitrogen and oxygen atoms in total. The number of hydrogen-bond acceptors (Lipinski definition) is 3. The monoisotopic (exact) mass is 94.0 g/mol. The van der Waals surface area contributed by atoms with Gasteiger partial charge in [0.15, 0.2) is 6.79 Å². The first-order valence-electron chi connectivity index (χ1n) is 1.19. The Bertz CT molecular complexity index is 53.9. The molecule has 0 aromatic carbocycles. The third-order valence-corrected chi connectivity index (χ3v) is 1.06. The average molecular weight is 94.0 g/mol. The molecule has 0 atom stereocenters. The van der Waals surface area contributed by atoms with Crippen molar-refractivity contribution in [3.05, 3.63) is 0 Å². The molecule has 0 aromatic rings. The molecule has 1 fully saturated rings. The zero-order valence-corrected chi connectivity index (χ0v) is 3.43. The van der Waals surface area contributed by atoms with Gasteiger partial charge in [-0.15, -0.1) is 0 Å². The Morgan fingerprint density at radius 3 is 2.00 bits per heavy atom. The van der Waals surface area contributed by atoms with Crippen molar-refractivity contribution in [1.82, 2.24) is 0 Å². The maximum Gasteiger partial charge on any atom is 0.323 e. The molecular formula is CH3O3P. The van der Waals surface area contributed by atoms with Crippen LogP contribution in [0.5, 0.6) is 0 Å². The third-order valence-electron chi connectivity index (χ3n) is 0.354. The molecule has 0 aromatic heterocycles. The van der Waals surface area contributed by atoms with Gasteiger partial charge in [-0.3, -0.25) is 13.6 Å². The van der Waals surface area contributed by atoms with E-state index in [1.807, 2.05) is 0 Å². The van der Waals surface area contributed by atoms with E-state index in [2.05, 4.69) is 9.05 Å². The average Bonchev–Trinajstić information content (AvgIpc) is 1.30. The van der Waals surface area contributed by atoms with Gasteiger partial charge in [-0.2, -0.15) is 0 Å². The third kappa shape index (κ3) is 0.507. The van der Waals surface area contributed by atoms with E-state index in [9.17, 15) is 4.57 Å². The first-order chi connectivity index (χ1) is 2.39. The molecule has 1 heterocycles. The first kappa shape index (κ1) is 3.34. The molecule has 0 saturated carbocycles. The van der Waals surface area contributed by atoms with Gasteiger partial charge in [0.1, 0.15) is 0 Å². The molecule has 0 N–H and O–H groups in total. The Morgan fingerprint density at radius 2 is 2.00 bits per heavy atom. The molecule has 0 bridgehead atoms. The molecule has 5 heavy (non-hydrogen) atoms. The predicted molar refractivity (Wildman–Crippen MR) is 16.0 cm³/mol. The SMILES string of the molecule is O=[PH]1OCO1. The van der Waals surface area contributed by atoms with Crippen LogP contribution < -0.4 is 0 Å². The van der Waals surface area contributed by atoms with E-state index in [-0.39, 0.29) is 6.79 Å². The lowest BCUT2D eigenvalue weighted by molar-refractivity contribution is 0.0270. The van der Waals surface area contributed by atoms with Crippen LogP contribution in [0.15, 0.2) is 0 Å². The summed E-state index contributed by atoms with van der Waals surface area (Å²) in [5.74, 6) is 0. The molecule has 1 saturated heterocycles. The molecule has 1 aliphatic rings. The van der Waals surface area contributed by atoms with E-state index in [1.54, 1.807) is 0 Å². The Morgan fingerprint density at radius 1 is 1.60 bits per heavy atom. The van der Waals surface area contributed by atoms with Gasteiger partial charge < -0.3 is 0 Å². The van der Waals surface area contributed by atoms with Gasteiger partial charge in [0.05, 0.1) is 0 Å². The summed E-state index contributed by atoms with van der Waals surface area (Å²) in [6.45, 7) is 0.220. The van der Waals surface area contributed by atoms with Crippen LogP contribution in [0.4, 0.5) is 0 Å². The highest BCUT2D eigenvalue weighted by molar-refractivity contribution is 7.34. The van der Waals surface area contributed by atoms with Gasteiger partial charge in [0.25, 0.3) is 0 Å². The van der Waals surface area contributed by atoms with E-state index in [0.717, 1.165) is 0 Å². The summed E-state index contributed by atoms with van der Waals surface area (Å²) < 4.78 is 18.1. The fourth-order valence-electron chi connectivity index (χ4n) is 0.107. The highest BCUT2D eigenvalue weighted by Gasteiger charge is 2.07. The summed E-state index contributed by atoms with van der Waals surface area (Å²) >= 11 is 0. The van der Waals surface area contributed by atoms with Crippen molar-refractivity contribution >= 4 is 8.25 Å². The van der Waals surface area contributed by atoms with Crippen molar-refractivity contribution in [3.8, 4) is 0 Å². The number of hydrogen-bond donors (Lipinski definition) is 0. The maximum atomic E-state index is 9.64. The van der Waals surface area contributed by atoms with Crippen molar-refractivity contribution in [3.63, 3.8) is 0 Å². The lowest BCUT2D eigenvalue weighted by Gasteiger charge is -2.10. The van der Waals surface area contributed by atoms with Crippen LogP contribution in [0.3, 0.4) is 0 Å². The molecule has 4 heteroatoms. The van der Waals surface area contributed by atoms with Gasteiger partial charge in [0, 0.05) is 0 Å². The second kappa shape index (κ2) is 1.09. The van der Waals surface area contributed by atoms with Crippen molar-refractivity contribution < 1.29 is 13.6 Å². The topological polar surface area (TPSA) is 35.5 Å². The number of rotatable bonds is 0. The molecule has 0 amide bonds. The van der Waals surface area contributed by atoms with Crippen LogP contribution in [0.25, 0.3) is 0 Å². The van der Waals surface area contributed by atoms with Crippen molar-refractivity contribution in [2.24, 2.45) is 0 Å². The van der Waals surface area contributed by atoms with Crippen molar-refractivity contribution in [2.45, 2.75) is 0 Å². The maximum absolute atomic E-state index is 9.64. The van der Waals surface area contributed by atoms with Crippen LogP contribution in [-0.2, 0) is 13.6 Å². The summed E-state index contributed by atoms with van der Waals surface area (Å²) in [7, 11) is -1.94. The molecule has 0 radical (unpaired) electrons. The van der Waals surface area contributed by atoms with Gasteiger partial charge in [-0.05, 0) is 0 Å². The summed E-state index contributed by atoms with van der Waals surface area (Å²) in [5.41, 5.74) is 0. The summed E-state index contributed by atoms with van der Waals surface area (Å²) in [6.07, 6.45) is 0. The largest absolute Gasteiger partial charge is 0.323 e. The Hall–Kier alpha value is 0.150. The van der Waals surface area contributed by atoms with Crippen LogP contribution >= 0.6 is 8.25 Å². The second-order valence-corrected chi connectivity index (χ2v) is 1.73. The zero-order chi connectivity index (χ0) is 3.70.